The highest BCUT2D eigenvalue weighted by molar-refractivity contribution is 8.05. The molecule has 2 N–H and O–H groups in total. The number of nitrogens with one attached hydrogen (secondary N) is 2. The molecule has 1 amide bonds. The summed E-state index contributed by atoms with van der Waals surface area (Å²) in [6.07, 6.45) is 9.32. The van der Waals surface area contributed by atoms with Crippen LogP contribution in [0.1, 0.15) is 51.0 Å². The molecule has 1 atom stereocenters. The number of thioether (sulfide) groups is 1. The van der Waals surface area contributed by atoms with Gasteiger partial charge >= 0.3 is 0 Å². The average Bonchev–Trinajstić information content (AvgIpc) is 3.25. The molecule has 6 nitrogen and oxygen atoms in total. The van der Waals surface area contributed by atoms with Crippen molar-refractivity contribution in [3.05, 3.63) is 28.7 Å². The first-order valence-electron chi connectivity index (χ1n) is 9.72. The lowest BCUT2D eigenvalue weighted by molar-refractivity contribution is -0.127. The number of amides is 1. The van der Waals surface area contributed by atoms with E-state index in [1.54, 1.807) is 12.1 Å². The van der Waals surface area contributed by atoms with Gasteiger partial charge in [0.1, 0.15) is 0 Å². The molecule has 27 heavy (non-hydrogen) atoms. The number of methoxy groups -OCH3 is 1. The molecule has 1 aromatic rings. The fourth-order valence-electron chi connectivity index (χ4n) is 3.16. The molecule has 0 bridgehead atoms. The van der Waals surface area contributed by atoms with E-state index in [2.05, 4.69) is 17.7 Å². The lowest BCUT2D eigenvalue weighted by atomic mass is 10.1. The number of nitrogens with zero attached hydrogens (tertiary/aromatic N) is 1. The molecule has 0 aromatic heterocycles. The minimum atomic E-state index is -0.0226. The molecule has 0 aliphatic carbocycles. The minimum absolute atomic E-state index is 0.00244. The van der Waals surface area contributed by atoms with Gasteiger partial charge in [0.15, 0.2) is 17.0 Å². The second-order valence-electron chi connectivity index (χ2n) is 6.72. The average molecular weight is 392 g/mol. The van der Waals surface area contributed by atoms with Crippen LogP contribution < -0.4 is 20.2 Å². The summed E-state index contributed by atoms with van der Waals surface area (Å²) in [7, 11) is 1.64. The van der Waals surface area contributed by atoms with Crippen LogP contribution in [0.4, 0.5) is 0 Å². The Morgan fingerprint density at radius 2 is 2.04 bits per heavy atom. The quantitative estimate of drug-likeness (QED) is 0.468. The zero-order valence-electron chi connectivity index (χ0n) is 16.1. The Labute approximate surface area is 165 Å². The van der Waals surface area contributed by atoms with Crippen molar-refractivity contribution in [1.82, 2.24) is 15.8 Å². The molecule has 1 aromatic carbocycles. The van der Waals surface area contributed by atoms with E-state index in [1.165, 1.54) is 43.9 Å². The standard InChI is InChI=1S/C20H29N3O3S/c1-3-4-5-6-7-8-11-26-16-10-9-15(12-17(16)25-2)13-18-19(24)23-20(27-18)21-14-22-23/h9-10,12-13,20-22H,3-8,11,14H2,1-2H3/b18-13-. The number of hydrazine groups is 1. The van der Waals surface area contributed by atoms with Gasteiger partial charge < -0.3 is 9.47 Å². The fraction of sp³-hybridized carbons (Fsp3) is 0.550. The van der Waals surface area contributed by atoms with Gasteiger partial charge in [-0.05, 0) is 30.2 Å². The van der Waals surface area contributed by atoms with Crippen molar-refractivity contribution >= 4 is 23.7 Å². The van der Waals surface area contributed by atoms with Crippen LogP contribution in [0.3, 0.4) is 0 Å². The van der Waals surface area contributed by atoms with Gasteiger partial charge in [-0.2, -0.15) is 0 Å². The molecule has 0 radical (unpaired) electrons. The zero-order valence-corrected chi connectivity index (χ0v) is 16.9. The maximum absolute atomic E-state index is 12.4. The number of hydrogen-bond acceptors (Lipinski definition) is 6. The first-order valence-corrected chi connectivity index (χ1v) is 10.6. The number of hydrogen-bond donors (Lipinski definition) is 2. The first-order chi connectivity index (χ1) is 13.2. The maximum Gasteiger partial charge on any atom is 0.276 e. The Balaban J connectivity index is 1.55. The molecule has 0 spiro atoms. The van der Waals surface area contributed by atoms with Crippen molar-refractivity contribution in [2.24, 2.45) is 0 Å². The highest BCUT2D eigenvalue weighted by Gasteiger charge is 2.39. The third-order valence-corrected chi connectivity index (χ3v) is 5.82. The summed E-state index contributed by atoms with van der Waals surface area (Å²) >= 11 is 1.52. The minimum Gasteiger partial charge on any atom is -0.493 e. The summed E-state index contributed by atoms with van der Waals surface area (Å²) in [4.78, 5) is 13.1. The molecule has 2 heterocycles. The van der Waals surface area contributed by atoms with Gasteiger partial charge in [-0.1, -0.05) is 56.9 Å². The molecule has 2 fully saturated rings. The number of carbonyl (C=O) groups excluding carboxylic acids is 1. The monoisotopic (exact) mass is 391 g/mol. The molecule has 148 valence electrons. The van der Waals surface area contributed by atoms with Gasteiger partial charge in [0, 0.05) is 0 Å². The SMILES string of the molecule is CCCCCCCCOc1ccc(/C=C2\SC3NCNN3C2=O)cc1OC. The predicted octanol–water partition coefficient (Wildman–Crippen LogP) is 3.70. The van der Waals surface area contributed by atoms with E-state index in [1.807, 2.05) is 24.3 Å². The Kier molecular flexibility index (Phi) is 7.43. The molecular formula is C20H29N3O3S. The second kappa shape index (κ2) is 10.0. The molecule has 3 rings (SSSR count). The number of unbranched alkanes of at least 4 members (excludes halogenated alkanes) is 5. The van der Waals surface area contributed by atoms with Gasteiger partial charge in [-0.3, -0.25) is 10.1 Å². The van der Waals surface area contributed by atoms with E-state index >= 15 is 0 Å². The summed E-state index contributed by atoms with van der Waals surface area (Å²) in [6.45, 7) is 3.55. The summed E-state index contributed by atoms with van der Waals surface area (Å²) in [5, 5.41) is 4.84. The van der Waals surface area contributed by atoms with E-state index in [9.17, 15) is 4.79 Å². The highest BCUT2D eigenvalue weighted by atomic mass is 32.2. The van der Waals surface area contributed by atoms with Gasteiger partial charge in [0.2, 0.25) is 0 Å². The Morgan fingerprint density at radius 3 is 2.81 bits per heavy atom. The lowest BCUT2D eigenvalue weighted by Gasteiger charge is -2.11. The second-order valence-corrected chi connectivity index (χ2v) is 7.84. The van der Waals surface area contributed by atoms with E-state index in [4.69, 9.17) is 9.47 Å². The maximum atomic E-state index is 12.4. The number of carbonyl (C=O) groups is 1. The van der Waals surface area contributed by atoms with E-state index < -0.39 is 0 Å². The molecule has 2 aliphatic heterocycles. The van der Waals surface area contributed by atoms with Crippen LogP contribution in [0.15, 0.2) is 23.1 Å². The van der Waals surface area contributed by atoms with Crippen LogP contribution in [0.5, 0.6) is 11.5 Å². The van der Waals surface area contributed by atoms with E-state index in [0.29, 0.717) is 23.9 Å². The Bertz CT molecular complexity index is 680. The number of ether oxygens (including phenoxy) is 2. The summed E-state index contributed by atoms with van der Waals surface area (Å²) in [5.74, 6) is 1.45. The number of rotatable bonds is 10. The van der Waals surface area contributed by atoms with Crippen molar-refractivity contribution in [3.63, 3.8) is 0 Å². The molecule has 2 saturated heterocycles. The molecule has 1 unspecified atom stereocenters. The van der Waals surface area contributed by atoms with Crippen molar-refractivity contribution in [1.29, 1.82) is 0 Å². The zero-order chi connectivity index (χ0) is 19.1. The summed E-state index contributed by atoms with van der Waals surface area (Å²) in [6, 6.07) is 5.80. The smallest absolute Gasteiger partial charge is 0.276 e. The van der Waals surface area contributed by atoms with Crippen LogP contribution in [0, 0.1) is 0 Å². The normalized spacial score (nSPS) is 20.4. The first kappa shape index (κ1) is 20.0. The third-order valence-electron chi connectivity index (χ3n) is 4.67. The topological polar surface area (TPSA) is 62.8 Å². The van der Waals surface area contributed by atoms with Crippen LogP contribution in [0.25, 0.3) is 6.08 Å². The fourth-order valence-corrected chi connectivity index (χ4v) is 4.25. The largest absolute Gasteiger partial charge is 0.493 e. The predicted molar refractivity (Wildman–Crippen MR) is 109 cm³/mol. The highest BCUT2D eigenvalue weighted by Crippen LogP contribution is 2.36. The number of fused-ring (bicyclic) bond motifs is 1. The van der Waals surface area contributed by atoms with Crippen molar-refractivity contribution in [2.75, 3.05) is 20.4 Å². The van der Waals surface area contributed by atoms with E-state index in [0.717, 1.165) is 17.7 Å². The van der Waals surface area contributed by atoms with E-state index in [-0.39, 0.29) is 11.4 Å². The molecule has 0 saturated carbocycles. The van der Waals surface area contributed by atoms with Gasteiger partial charge in [-0.25, -0.2) is 10.4 Å². The van der Waals surface area contributed by atoms with Crippen molar-refractivity contribution in [2.45, 2.75) is 50.9 Å². The van der Waals surface area contributed by atoms with Crippen LogP contribution in [0.2, 0.25) is 0 Å². The number of benzene rings is 1. The molecule has 7 heteroatoms. The molecular weight excluding hydrogens is 362 g/mol. The van der Waals surface area contributed by atoms with Gasteiger partial charge in [0.25, 0.3) is 5.91 Å². The Morgan fingerprint density at radius 1 is 1.22 bits per heavy atom. The van der Waals surface area contributed by atoms with Crippen LogP contribution in [-0.4, -0.2) is 36.8 Å². The third kappa shape index (κ3) is 5.18. The Hall–Kier alpha value is -1.70. The van der Waals surface area contributed by atoms with Gasteiger partial charge in [0.05, 0.1) is 25.3 Å². The van der Waals surface area contributed by atoms with Gasteiger partial charge in [-0.15, -0.1) is 0 Å². The van der Waals surface area contributed by atoms with Crippen molar-refractivity contribution < 1.29 is 14.3 Å². The van der Waals surface area contributed by atoms with Crippen LogP contribution >= 0.6 is 11.8 Å². The lowest BCUT2D eigenvalue weighted by Crippen LogP contribution is -2.36. The summed E-state index contributed by atoms with van der Waals surface area (Å²) in [5.41, 5.74) is 3.93. The van der Waals surface area contributed by atoms with Crippen LogP contribution in [-0.2, 0) is 4.79 Å². The summed E-state index contributed by atoms with van der Waals surface area (Å²) < 4.78 is 11.4. The molecule has 2 aliphatic rings. The van der Waals surface area contributed by atoms with Crippen molar-refractivity contribution in [3.8, 4) is 11.5 Å².